The van der Waals surface area contributed by atoms with Gasteiger partial charge in [0.05, 0.1) is 0 Å². The molecule has 0 aliphatic rings. The molecule has 0 aliphatic carbocycles. The van der Waals surface area contributed by atoms with E-state index in [4.69, 9.17) is 10.5 Å². The molecular formula is C12H11ClF2N2O. The quantitative estimate of drug-likeness (QED) is 0.934. The van der Waals surface area contributed by atoms with Gasteiger partial charge in [-0.25, -0.2) is 13.8 Å². The molecule has 1 heterocycles. The summed E-state index contributed by atoms with van der Waals surface area (Å²) in [6.07, 6.45) is 1.39. The van der Waals surface area contributed by atoms with E-state index in [2.05, 4.69) is 4.98 Å². The number of nitrogens with zero attached hydrogens (tertiary/aromatic N) is 1. The maximum absolute atomic E-state index is 13.4. The third-order valence-corrected chi connectivity index (χ3v) is 2.18. The minimum atomic E-state index is -0.601. The molecule has 1 aromatic carbocycles. The number of pyridine rings is 1. The van der Waals surface area contributed by atoms with Gasteiger partial charge in [0.1, 0.15) is 11.6 Å². The zero-order valence-corrected chi connectivity index (χ0v) is 10.1. The number of halogens is 3. The van der Waals surface area contributed by atoms with E-state index in [0.29, 0.717) is 5.56 Å². The lowest BCUT2D eigenvalue weighted by Crippen LogP contribution is -2.00. The van der Waals surface area contributed by atoms with Crippen LogP contribution in [0.3, 0.4) is 0 Å². The van der Waals surface area contributed by atoms with Crippen LogP contribution >= 0.6 is 12.4 Å². The van der Waals surface area contributed by atoms with Gasteiger partial charge in [0.15, 0.2) is 5.82 Å². The lowest BCUT2D eigenvalue weighted by molar-refractivity contribution is 0.419. The van der Waals surface area contributed by atoms with Crippen LogP contribution in [0.25, 0.3) is 0 Å². The Morgan fingerprint density at radius 2 is 1.94 bits per heavy atom. The Balaban J connectivity index is 0.00000162. The van der Waals surface area contributed by atoms with Gasteiger partial charge in [0, 0.05) is 24.4 Å². The Kier molecular flexibility index (Phi) is 5.00. The van der Waals surface area contributed by atoms with E-state index in [9.17, 15) is 8.78 Å². The van der Waals surface area contributed by atoms with Crippen molar-refractivity contribution in [2.45, 2.75) is 6.54 Å². The highest BCUT2D eigenvalue weighted by Crippen LogP contribution is 2.23. The van der Waals surface area contributed by atoms with E-state index >= 15 is 0 Å². The predicted octanol–water partition coefficient (Wildman–Crippen LogP) is 3.03. The first-order valence-electron chi connectivity index (χ1n) is 4.97. The third kappa shape index (κ3) is 3.15. The van der Waals surface area contributed by atoms with Crippen molar-refractivity contribution < 1.29 is 13.5 Å². The van der Waals surface area contributed by atoms with Crippen molar-refractivity contribution in [3.8, 4) is 11.6 Å². The molecule has 1 aromatic heterocycles. The first kappa shape index (κ1) is 14.3. The van der Waals surface area contributed by atoms with Crippen molar-refractivity contribution in [3.05, 3.63) is 53.7 Å². The topological polar surface area (TPSA) is 48.1 Å². The summed E-state index contributed by atoms with van der Waals surface area (Å²) in [5, 5.41) is 0. The predicted molar refractivity (Wildman–Crippen MR) is 65.8 cm³/mol. The van der Waals surface area contributed by atoms with Gasteiger partial charge in [0.2, 0.25) is 0 Å². The highest BCUT2D eigenvalue weighted by molar-refractivity contribution is 5.85. The first-order valence-corrected chi connectivity index (χ1v) is 4.97. The van der Waals surface area contributed by atoms with Crippen LogP contribution in [0, 0.1) is 11.6 Å². The maximum Gasteiger partial charge on any atom is 0.255 e. The van der Waals surface area contributed by atoms with Crippen LogP contribution in [0.1, 0.15) is 5.56 Å². The fourth-order valence-electron chi connectivity index (χ4n) is 1.32. The van der Waals surface area contributed by atoms with Crippen LogP contribution in [0.2, 0.25) is 0 Å². The lowest BCUT2D eigenvalue weighted by Gasteiger charge is -2.06. The summed E-state index contributed by atoms with van der Waals surface area (Å²) in [5.74, 6) is -1.10. The summed E-state index contributed by atoms with van der Waals surface area (Å²) in [6, 6.07) is 6.81. The molecule has 18 heavy (non-hydrogen) atoms. The number of ether oxygens (including phenoxy) is 1. The normalized spacial score (nSPS) is 9.72. The largest absolute Gasteiger partial charge is 0.436 e. The molecule has 0 unspecified atom stereocenters. The number of nitrogens with two attached hydrogens (primary N) is 1. The molecule has 0 spiro atoms. The first-order chi connectivity index (χ1) is 8.20. The van der Waals surface area contributed by atoms with Gasteiger partial charge in [-0.2, -0.15) is 0 Å². The number of hydrogen-bond donors (Lipinski definition) is 1. The number of benzene rings is 1. The molecule has 0 saturated carbocycles. The standard InChI is InChI=1S/C12H10F2N2O.ClH/c13-10-2-1-5-16-12(10)17-9-4-3-8(7-15)11(14)6-9;/h1-6H,7,15H2;1H. The smallest absolute Gasteiger partial charge is 0.255 e. The molecule has 0 bridgehead atoms. The SMILES string of the molecule is Cl.NCc1ccc(Oc2ncccc2F)cc1F. The number of hydrogen-bond acceptors (Lipinski definition) is 3. The van der Waals surface area contributed by atoms with E-state index < -0.39 is 11.6 Å². The minimum Gasteiger partial charge on any atom is -0.436 e. The van der Waals surface area contributed by atoms with E-state index in [0.717, 1.165) is 6.07 Å². The fourth-order valence-corrected chi connectivity index (χ4v) is 1.32. The van der Waals surface area contributed by atoms with Gasteiger partial charge in [-0.05, 0) is 18.2 Å². The van der Waals surface area contributed by atoms with Crippen molar-refractivity contribution in [1.29, 1.82) is 0 Å². The number of rotatable bonds is 3. The van der Waals surface area contributed by atoms with E-state index in [1.165, 1.54) is 30.5 Å². The van der Waals surface area contributed by atoms with Crippen LogP contribution in [0.4, 0.5) is 8.78 Å². The molecule has 2 rings (SSSR count). The van der Waals surface area contributed by atoms with Gasteiger partial charge in [0.25, 0.3) is 5.88 Å². The van der Waals surface area contributed by atoms with E-state index in [-0.39, 0.29) is 30.6 Å². The molecule has 0 amide bonds. The Hall–Kier alpha value is -1.72. The monoisotopic (exact) mass is 272 g/mol. The summed E-state index contributed by atoms with van der Waals surface area (Å²) in [6.45, 7) is 0.101. The van der Waals surface area contributed by atoms with E-state index in [1.54, 1.807) is 0 Å². The van der Waals surface area contributed by atoms with E-state index in [1.807, 2.05) is 0 Å². The van der Waals surface area contributed by atoms with Crippen LogP contribution in [0.5, 0.6) is 11.6 Å². The summed E-state index contributed by atoms with van der Waals surface area (Å²) in [5.41, 5.74) is 5.70. The summed E-state index contributed by atoms with van der Waals surface area (Å²) in [4.78, 5) is 3.70. The van der Waals surface area contributed by atoms with Crippen LogP contribution in [0.15, 0.2) is 36.5 Å². The Morgan fingerprint density at radius 1 is 1.17 bits per heavy atom. The zero-order chi connectivity index (χ0) is 12.3. The lowest BCUT2D eigenvalue weighted by atomic mass is 10.2. The van der Waals surface area contributed by atoms with Gasteiger partial charge in [-0.1, -0.05) is 6.07 Å². The molecular weight excluding hydrogens is 262 g/mol. The summed E-state index contributed by atoms with van der Waals surface area (Å²) in [7, 11) is 0. The van der Waals surface area contributed by atoms with Crippen LogP contribution in [-0.4, -0.2) is 4.98 Å². The second-order valence-corrected chi connectivity index (χ2v) is 3.35. The summed E-state index contributed by atoms with van der Waals surface area (Å²) >= 11 is 0. The van der Waals surface area contributed by atoms with Gasteiger partial charge in [-0.3, -0.25) is 0 Å². The molecule has 2 N–H and O–H groups in total. The molecule has 0 fully saturated rings. The zero-order valence-electron chi connectivity index (χ0n) is 9.27. The van der Waals surface area contributed by atoms with Crippen molar-refractivity contribution in [3.63, 3.8) is 0 Å². The molecule has 0 radical (unpaired) electrons. The van der Waals surface area contributed by atoms with Gasteiger partial charge in [-0.15, -0.1) is 12.4 Å². The second kappa shape index (κ2) is 6.28. The highest BCUT2D eigenvalue weighted by atomic mass is 35.5. The molecule has 0 saturated heterocycles. The highest BCUT2D eigenvalue weighted by Gasteiger charge is 2.07. The van der Waals surface area contributed by atoms with Crippen molar-refractivity contribution in [2.75, 3.05) is 0 Å². The molecule has 0 aliphatic heterocycles. The Labute approximate surface area is 109 Å². The number of aromatic nitrogens is 1. The fraction of sp³-hybridized carbons (Fsp3) is 0.0833. The average Bonchev–Trinajstić information content (AvgIpc) is 2.32. The van der Waals surface area contributed by atoms with Crippen molar-refractivity contribution in [1.82, 2.24) is 4.98 Å². The Bertz CT molecular complexity index is 537. The summed E-state index contributed by atoms with van der Waals surface area (Å²) < 4.78 is 31.7. The molecule has 6 heteroatoms. The minimum absolute atomic E-state index is 0. The van der Waals surface area contributed by atoms with Crippen LogP contribution in [-0.2, 0) is 6.54 Å². The van der Waals surface area contributed by atoms with Crippen molar-refractivity contribution in [2.24, 2.45) is 5.73 Å². The van der Waals surface area contributed by atoms with Crippen LogP contribution < -0.4 is 10.5 Å². The second-order valence-electron chi connectivity index (χ2n) is 3.35. The molecule has 2 aromatic rings. The molecule has 0 atom stereocenters. The van der Waals surface area contributed by atoms with Crippen molar-refractivity contribution >= 4 is 12.4 Å². The average molecular weight is 273 g/mol. The molecule has 3 nitrogen and oxygen atoms in total. The van der Waals surface area contributed by atoms with Gasteiger partial charge < -0.3 is 10.5 Å². The van der Waals surface area contributed by atoms with Gasteiger partial charge >= 0.3 is 0 Å². The Morgan fingerprint density at radius 3 is 2.56 bits per heavy atom. The third-order valence-electron chi connectivity index (χ3n) is 2.18. The maximum atomic E-state index is 13.4. The molecule has 96 valence electrons.